The standard InChI is InChI=1S/C24H26N6O3S/c1-32-21-4-2-3-19-22(27-30(23(19)21)10-9-29-11-13-33-14-12-29)24(31)25-15-17-5-7-18(8-6-17)20-16-34-28-26-20/h2-8,16H,9-15H2,1H3,(H,25,31). The number of amides is 1. The molecule has 0 atom stereocenters. The van der Waals surface area contributed by atoms with Gasteiger partial charge in [-0.3, -0.25) is 14.4 Å². The van der Waals surface area contributed by atoms with E-state index in [0.717, 1.165) is 60.6 Å². The fraction of sp³-hybridized carbons (Fsp3) is 0.333. The molecule has 1 N–H and O–H groups in total. The van der Waals surface area contributed by atoms with Crippen molar-refractivity contribution in [3.63, 3.8) is 0 Å². The van der Waals surface area contributed by atoms with Crippen molar-refractivity contribution in [1.82, 2.24) is 29.6 Å². The molecule has 0 radical (unpaired) electrons. The SMILES string of the molecule is COc1cccc2c(C(=O)NCc3ccc(-c4csnn4)cc3)nn(CCN3CCOCC3)c12. The second kappa shape index (κ2) is 10.3. The number of carbonyl (C=O) groups is 1. The third kappa shape index (κ3) is 4.79. The van der Waals surface area contributed by atoms with Gasteiger partial charge in [0.2, 0.25) is 0 Å². The maximum absolute atomic E-state index is 13.1. The molecule has 1 aliphatic heterocycles. The highest BCUT2D eigenvalue weighted by atomic mass is 32.1. The number of hydrogen-bond acceptors (Lipinski definition) is 8. The second-order valence-electron chi connectivity index (χ2n) is 8.05. The lowest BCUT2D eigenvalue weighted by atomic mass is 10.1. The van der Waals surface area contributed by atoms with Gasteiger partial charge in [0.05, 0.1) is 26.9 Å². The number of morpholine rings is 1. The molecule has 2 aromatic heterocycles. The van der Waals surface area contributed by atoms with Crippen LogP contribution in [0, 0.1) is 0 Å². The van der Waals surface area contributed by atoms with Crippen LogP contribution >= 0.6 is 11.5 Å². The van der Waals surface area contributed by atoms with Gasteiger partial charge in [-0.2, -0.15) is 5.10 Å². The van der Waals surface area contributed by atoms with Crippen molar-refractivity contribution in [3.8, 4) is 17.0 Å². The normalized spacial score (nSPS) is 14.4. The maximum Gasteiger partial charge on any atom is 0.272 e. The number of nitrogens with one attached hydrogen (secondary N) is 1. The molecule has 4 aromatic rings. The van der Waals surface area contributed by atoms with E-state index in [2.05, 4.69) is 19.8 Å². The van der Waals surface area contributed by atoms with Crippen molar-refractivity contribution >= 4 is 28.3 Å². The summed E-state index contributed by atoms with van der Waals surface area (Å²) < 4.78 is 16.8. The van der Waals surface area contributed by atoms with Crippen LogP contribution in [0.3, 0.4) is 0 Å². The van der Waals surface area contributed by atoms with Gasteiger partial charge >= 0.3 is 0 Å². The summed E-state index contributed by atoms with van der Waals surface area (Å²) >= 11 is 1.32. The van der Waals surface area contributed by atoms with Gasteiger partial charge in [0.1, 0.15) is 17.0 Å². The van der Waals surface area contributed by atoms with E-state index in [0.29, 0.717) is 24.5 Å². The van der Waals surface area contributed by atoms with Crippen molar-refractivity contribution in [2.45, 2.75) is 13.1 Å². The quantitative estimate of drug-likeness (QED) is 0.416. The Balaban J connectivity index is 1.32. The van der Waals surface area contributed by atoms with Crippen LogP contribution in [0.1, 0.15) is 16.1 Å². The number of hydrogen-bond donors (Lipinski definition) is 1. The summed E-state index contributed by atoms with van der Waals surface area (Å²) in [6.45, 7) is 5.21. The Bertz CT molecular complexity index is 1250. The average Bonchev–Trinajstić information content (AvgIpc) is 3.56. The molecule has 0 unspecified atom stereocenters. The highest BCUT2D eigenvalue weighted by molar-refractivity contribution is 7.03. The topological polar surface area (TPSA) is 94.4 Å². The predicted molar refractivity (Wildman–Crippen MR) is 130 cm³/mol. The number of fused-ring (bicyclic) bond motifs is 1. The smallest absolute Gasteiger partial charge is 0.272 e. The number of ether oxygens (including phenoxy) is 2. The molecule has 0 saturated carbocycles. The number of para-hydroxylation sites is 1. The molecule has 3 heterocycles. The molecule has 10 heteroatoms. The summed E-state index contributed by atoms with van der Waals surface area (Å²) in [4.78, 5) is 15.5. The van der Waals surface area contributed by atoms with E-state index in [4.69, 9.17) is 14.6 Å². The molecule has 0 bridgehead atoms. The molecule has 34 heavy (non-hydrogen) atoms. The fourth-order valence-corrected chi connectivity index (χ4v) is 4.57. The fourth-order valence-electron chi connectivity index (χ4n) is 4.11. The van der Waals surface area contributed by atoms with Gasteiger partial charge in [-0.1, -0.05) is 40.9 Å². The summed E-state index contributed by atoms with van der Waals surface area (Å²) in [5.74, 6) is 0.495. The van der Waals surface area contributed by atoms with Crippen molar-refractivity contribution in [1.29, 1.82) is 0 Å². The zero-order valence-electron chi connectivity index (χ0n) is 18.9. The van der Waals surface area contributed by atoms with E-state index in [1.807, 2.05) is 52.5 Å². The van der Waals surface area contributed by atoms with E-state index in [1.54, 1.807) is 7.11 Å². The van der Waals surface area contributed by atoms with Gasteiger partial charge in [-0.15, -0.1) is 5.10 Å². The number of aromatic nitrogens is 4. The van der Waals surface area contributed by atoms with Crippen LogP contribution in [0.15, 0.2) is 47.8 Å². The van der Waals surface area contributed by atoms with Gasteiger partial charge in [0.25, 0.3) is 5.91 Å². The van der Waals surface area contributed by atoms with Gasteiger partial charge in [-0.05, 0) is 23.2 Å². The third-order valence-corrected chi connectivity index (χ3v) is 6.47. The molecule has 1 saturated heterocycles. The molecule has 1 amide bonds. The van der Waals surface area contributed by atoms with Crippen LogP contribution in [-0.2, 0) is 17.8 Å². The number of methoxy groups -OCH3 is 1. The van der Waals surface area contributed by atoms with E-state index < -0.39 is 0 Å². The van der Waals surface area contributed by atoms with E-state index in [-0.39, 0.29) is 5.91 Å². The first-order valence-corrected chi connectivity index (χ1v) is 12.0. The number of nitrogens with zero attached hydrogens (tertiary/aromatic N) is 5. The lowest BCUT2D eigenvalue weighted by molar-refractivity contribution is 0.0361. The van der Waals surface area contributed by atoms with Crippen molar-refractivity contribution in [2.24, 2.45) is 0 Å². The van der Waals surface area contributed by atoms with Crippen LogP contribution in [-0.4, -0.2) is 70.1 Å². The van der Waals surface area contributed by atoms with Crippen LogP contribution in [0.25, 0.3) is 22.2 Å². The largest absolute Gasteiger partial charge is 0.494 e. The summed E-state index contributed by atoms with van der Waals surface area (Å²) in [5, 5.41) is 14.5. The van der Waals surface area contributed by atoms with Crippen LogP contribution in [0.2, 0.25) is 0 Å². The molecule has 5 rings (SSSR count). The lowest BCUT2D eigenvalue weighted by Gasteiger charge is -2.26. The minimum absolute atomic E-state index is 0.212. The summed E-state index contributed by atoms with van der Waals surface area (Å²) in [6, 6.07) is 13.6. The van der Waals surface area contributed by atoms with Gasteiger partial charge < -0.3 is 14.8 Å². The Morgan fingerprint density at radius 2 is 1.97 bits per heavy atom. The number of benzene rings is 2. The second-order valence-corrected chi connectivity index (χ2v) is 8.66. The Labute approximate surface area is 201 Å². The molecular formula is C24H26N6O3S. The van der Waals surface area contributed by atoms with E-state index in [9.17, 15) is 4.79 Å². The highest BCUT2D eigenvalue weighted by Crippen LogP contribution is 2.28. The Kier molecular flexibility index (Phi) is 6.79. The molecular weight excluding hydrogens is 452 g/mol. The zero-order valence-corrected chi connectivity index (χ0v) is 19.8. The van der Waals surface area contributed by atoms with Gasteiger partial charge in [-0.25, -0.2) is 0 Å². The predicted octanol–water partition coefficient (Wildman–Crippen LogP) is 2.83. The molecule has 0 aliphatic carbocycles. The molecule has 9 nitrogen and oxygen atoms in total. The van der Waals surface area contributed by atoms with Crippen molar-refractivity contribution in [3.05, 3.63) is 59.1 Å². The zero-order chi connectivity index (χ0) is 23.3. The van der Waals surface area contributed by atoms with Crippen LogP contribution < -0.4 is 10.1 Å². The maximum atomic E-state index is 13.1. The van der Waals surface area contributed by atoms with E-state index in [1.165, 1.54) is 11.5 Å². The minimum Gasteiger partial charge on any atom is -0.494 e. The van der Waals surface area contributed by atoms with E-state index >= 15 is 0 Å². The molecule has 1 aliphatic rings. The molecule has 1 fully saturated rings. The summed E-state index contributed by atoms with van der Waals surface area (Å²) in [7, 11) is 1.64. The van der Waals surface area contributed by atoms with Crippen LogP contribution in [0.5, 0.6) is 5.75 Å². The average molecular weight is 479 g/mol. The molecule has 2 aromatic carbocycles. The first kappa shape index (κ1) is 22.5. The highest BCUT2D eigenvalue weighted by Gasteiger charge is 2.20. The van der Waals surface area contributed by atoms with Crippen LogP contribution in [0.4, 0.5) is 0 Å². The van der Waals surface area contributed by atoms with Crippen molar-refractivity contribution in [2.75, 3.05) is 40.0 Å². The van der Waals surface area contributed by atoms with Gasteiger partial charge in [0, 0.05) is 42.5 Å². The first-order valence-electron chi connectivity index (χ1n) is 11.2. The Hall–Kier alpha value is -3.34. The summed E-state index contributed by atoms with van der Waals surface area (Å²) in [6.07, 6.45) is 0. The van der Waals surface area contributed by atoms with Crippen molar-refractivity contribution < 1.29 is 14.3 Å². The molecule has 176 valence electrons. The Morgan fingerprint density at radius 1 is 1.15 bits per heavy atom. The lowest BCUT2D eigenvalue weighted by Crippen LogP contribution is -2.38. The Morgan fingerprint density at radius 3 is 2.71 bits per heavy atom. The number of rotatable bonds is 8. The number of carbonyl (C=O) groups excluding carboxylic acids is 1. The third-order valence-electron chi connectivity index (χ3n) is 5.96. The summed E-state index contributed by atoms with van der Waals surface area (Å²) in [5.41, 5.74) is 4.09. The molecule has 0 spiro atoms. The minimum atomic E-state index is -0.212. The first-order chi connectivity index (χ1) is 16.7. The monoisotopic (exact) mass is 478 g/mol. The van der Waals surface area contributed by atoms with Gasteiger partial charge in [0.15, 0.2) is 5.69 Å².